The number of fused-ring (bicyclic) bond motifs is 1. The van der Waals surface area contributed by atoms with Gasteiger partial charge in [0, 0.05) is 10.5 Å². The number of hydrogen-bond donors (Lipinski definition) is 0. The summed E-state index contributed by atoms with van der Waals surface area (Å²) in [6.07, 6.45) is -0.675. The van der Waals surface area contributed by atoms with E-state index in [2.05, 4.69) is 6.07 Å². The van der Waals surface area contributed by atoms with Crippen LogP contribution >= 0.6 is 11.8 Å². The number of ether oxygens (including phenoxy) is 2. The third kappa shape index (κ3) is 4.30. The third-order valence-electron chi connectivity index (χ3n) is 5.56. The topological polar surface area (TPSA) is 55.8 Å². The molecule has 1 heterocycles. The Balaban J connectivity index is 1.94. The van der Waals surface area contributed by atoms with Gasteiger partial charge in [-0.3, -0.25) is 4.79 Å². The molecule has 0 aromatic heterocycles. The molecule has 6 heteroatoms. The van der Waals surface area contributed by atoms with Gasteiger partial charge < -0.3 is 9.47 Å². The van der Waals surface area contributed by atoms with Crippen molar-refractivity contribution in [3.8, 4) is 5.75 Å². The molecule has 1 aliphatic heterocycles. The zero-order valence-electron chi connectivity index (χ0n) is 20.3. The number of anilines is 1. The van der Waals surface area contributed by atoms with Crippen LogP contribution in [-0.4, -0.2) is 24.7 Å². The smallest absolute Gasteiger partial charge is 0.421 e. The Morgan fingerprint density at radius 3 is 2.15 bits per heavy atom. The largest absolute Gasteiger partial charge is 0.497 e. The standard InChI is InChI=1S/C28H29NO4S/c1-18-15-19(2)17-20(16-18)28(34-22-13-11-21(32-6)12-14-22)23-9-7-8-10-24(23)29(25(28)30)26(31)33-27(3,4)5/h7-17H,1-6H3/t28-/m1/s1. The summed E-state index contributed by atoms with van der Waals surface area (Å²) in [5.74, 6) is 0.395. The van der Waals surface area contributed by atoms with E-state index in [1.165, 1.54) is 16.7 Å². The molecule has 0 saturated heterocycles. The molecule has 1 atom stereocenters. The maximum absolute atomic E-state index is 14.3. The minimum atomic E-state index is -1.15. The Bertz CT molecular complexity index is 1230. The first-order valence-electron chi connectivity index (χ1n) is 11.1. The first kappa shape index (κ1) is 23.9. The maximum Gasteiger partial charge on any atom is 0.421 e. The number of hydrogen-bond acceptors (Lipinski definition) is 5. The highest BCUT2D eigenvalue weighted by molar-refractivity contribution is 8.01. The van der Waals surface area contributed by atoms with E-state index in [0.717, 1.165) is 32.9 Å². The van der Waals surface area contributed by atoms with Gasteiger partial charge in [0.1, 0.15) is 11.4 Å². The van der Waals surface area contributed by atoms with E-state index in [1.807, 2.05) is 68.4 Å². The van der Waals surface area contributed by atoms with Gasteiger partial charge in [-0.2, -0.15) is 0 Å². The zero-order valence-corrected chi connectivity index (χ0v) is 21.2. The fraction of sp³-hybridized carbons (Fsp3) is 0.286. The van der Waals surface area contributed by atoms with Gasteiger partial charge in [0.2, 0.25) is 0 Å². The molecule has 3 aromatic carbocycles. The Kier molecular flexibility index (Phi) is 6.21. The summed E-state index contributed by atoms with van der Waals surface area (Å²) in [4.78, 5) is 29.7. The van der Waals surface area contributed by atoms with Gasteiger partial charge in [-0.15, -0.1) is 0 Å². The molecule has 1 aliphatic rings. The van der Waals surface area contributed by atoms with Crippen LogP contribution in [0.15, 0.2) is 71.6 Å². The lowest BCUT2D eigenvalue weighted by molar-refractivity contribution is -0.119. The van der Waals surface area contributed by atoms with Crippen LogP contribution in [0.5, 0.6) is 5.75 Å². The van der Waals surface area contributed by atoms with Crippen molar-refractivity contribution < 1.29 is 19.1 Å². The number of amides is 2. The molecule has 0 unspecified atom stereocenters. The molecule has 5 nitrogen and oxygen atoms in total. The normalized spacial score (nSPS) is 17.5. The molecule has 0 spiro atoms. The van der Waals surface area contributed by atoms with Crippen molar-refractivity contribution in [3.63, 3.8) is 0 Å². The van der Waals surface area contributed by atoms with Crippen LogP contribution in [0.25, 0.3) is 0 Å². The molecule has 4 rings (SSSR count). The van der Waals surface area contributed by atoms with Crippen molar-refractivity contribution in [2.45, 2.75) is 49.9 Å². The number of carbonyl (C=O) groups is 2. The lowest BCUT2D eigenvalue weighted by atomic mass is 9.89. The number of nitrogens with zero attached hydrogens (tertiary/aromatic N) is 1. The van der Waals surface area contributed by atoms with Crippen LogP contribution in [0.3, 0.4) is 0 Å². The van der Waals surface area contributed by atoms with Crippen LogP contribution in [0.4, 0.5) is 10.5 Å². The highest BCUT2D eigenvalue weighted by atomic mass is 32.2. The number of carbonyl (C=O) groups excluding carboxylic acids is 2. The van der Waals surface area contributed by atoms with Crippen molar-refractivity contribution in [3.05, 3.63) is 89.0 Å². The molecule has 0 bridgehead atoms. The number of benzene rings is 3. The summed E-state index contributed by atoms with van der Waals surface area (Å²) in [5.41, 5.74) is 3.49. The van der Waals surface area contributed by atoms with Crippen LogP contribution in [0.2, 0.25) is 0 Å². The van der Waals surface area contributed by atoms with E-state index in [1.54, 1.807) is 33.9 Å². The van der Waals surface area contributed by atoms with Crippen LogP contribution in [0.1, 0.15) is 43.0 Å². The molecule has 176 valence electrons. The predicted molar refractivity (Wildman–Crippen MR) is 136 cm³/mol. The van der Waals surface area contributed by atoms with Gasteiger partial charge in [0.25, 0.3) is 5.91 Å². The zero-order chi connectivity index (χ0) is 24.7. The number of rotatable bonds is 4. The van der Waals surface area contributed by atoms with Gasteiger partial charge in [0.15, 0.2) is 4.75 Å². The van der Waals surface area contributed by atoms with E-state index in [4.69, 9.17) is 9.47 Å². The summed E-state index contributed by atoms with van der Waals surface area (Å²) < 4.78 is 9.80. The van der Waals surface area contributed by atoms with Crippen LogP contribution < -0.4 is 9.64 Å². The van der Waals surface area contributed by atoms with Crippen molar-refractivity contribution in [1.29, 1.82) is 0 Å². The number of methoxy groups -OCH3 is 1. The molecule has 2 amide bonds. The van der Waals surface area contributed by atoms with Crippen LogP contribution in [-0.2, 0) is 14.3 Å². The second kappa shape index (κ2) is 8.84. The van der Waals surface area contributed by atoms with Crippen molar-refractivity contribution >= 4 is 29.4 Å². The van der Waals surface area contributed by atoms with Gasteiger partial charge >= 0.3 is 6.09 Å². The van der Waals surface area contributed by atoms with Crippen molar-refractivity contribution in [1.82, 2.24) is 0 Å². The quantitative estimate of drug-likeness (QED) is 0.424. The number of imide groups is 1. The average molecular weight is 476 g/mol. The lowest BCUT2D eigenvalue weighted by Gasteiger charge is -2.30. The lowest BCUT2D eigenvalue weighted by Crippen LogP contribution is -2.44. The Morgan fingerprint density at radius 1 is 0.941 bits per heavy atom. The molecule has 0 aliphatic carbocycles. The fourth-order valence-electron chi connectivity index (χ4n) is 4.27. The summed E-state index contributed by atoms with van der Waals surface area (Å²) in [7, 11) is 1.62. The first-order chi connectivity index (χ1) is 16.0. The van der Waals surface area contributed by atoms with E-state index >= 15 is 0 Å². The Labute approximate surface area is 205 Å². The molecule has 34 heavy (non-hydrogen) atoms. The SMILES string of the molecule is COc1ccc(S[C@@]2(c3cc(C)cc(C)c3)C(=O)N(C(=O)OC(C)(C)C)c3ccccc32)cc1. The van der Waals surface area contributed by atoms with Crippen molar-refractivity contribution in [2.75, 3.05) is 12.0 Å². The molecule has 3 aromatic rings. The molecular formula is C28H29NO4S. The number of thioether (sulfide) groups is 1. The average Bonchev–Trinajstić information content (AvgIpc) is 3.01. The summed E-state index contributed by atoms with van der Waals surface area (Å²) in [5, 5.41) is 0. The van der Waals surface area contributed by atoms with E-state index in [0.29, 0.717) is 5.69 Å². The molecule has 0 radical (unpaired) electrons. The minimum Gasteiger partial charge on any atom is -0.497 e. The van der Waals surface area contributed by atoms with Gasteiger partial charge in [-0.1, -0.05) is 59.3 Å². The van der Waals surface area contributed by atoms with E-state index in [9.17, 15) is 9.59 Å². The second-order valence-corrected chi connectivity index (χ2v) is 10.8. The number of para-hydroxylation sites is 1. The van der Waals surface area contributed by atoms with Gasteiger partial charge in [-0.25, -0.2) is 9.69 Å². The Morgan fingerprint density at radius 2 is 1.56 bits per heavy atom. The highest BCUT2D eigenvalue weighted by Crippen LogP contribution is 2.56. The predicted octanol–water partition coefficient (Wildman–Crippen LogP) is 6.63. The minimum absolute atomic E-state index is 0.339. The van der Waals surface area contributed by atoms with Gasteiger partial charge in [0.05, 0.1) is 12.8 Å². The molecule has 0 fully saturated rings. The third-order valence-corrected chi connectivity index (χ3v) is 7.01. The van der Waals surface area contributed by atoms with E-state index in [-0.39, 0.29) is 5.91 Å². The first-order valence-corrected chi connectivity index (χ1v) is 12.0. The summed E-state index contributed by atoms with van der Waals surface area (Å²) >= 11 is 1.42. The highest BCUT2D eigenvalue weighted by Gasteiger charge is 2.56. The molecular weight excluding hydrogens is 446 g/mol. The monoisotopic (exact) mass is 475 g/mol. The van der Waals surface area contributed by atoms with E-state index < -0.39 is 16.4 Å². The fourth-order valence-corrected chi connectivity index (χ4v) is 5.59. The summed E-state index contributed by atoms with van der Waals surface area (Å²) in [6, 6.07) is 21.2. The van der Waals surface area contributed by atoms with Crippen molar-refractivity contribution in [2.24, 2.45) is 0 Å². The number of aryl methyl sites for hydroxylation is 2. The second-order valence-electron chi connectivity index (χ2n) is 9.47. The van der Waals surface area contributed by atoms with Crippen LogP contribution in [0, 0.1) is 13.8 Å². The van der Waals surface area contributed by atoms with Gasteiger partial charge in [-0.05, 0) is 70.5 Å². The molecule has 0 N–H and O–H groups in total. The maximum atomic E-state index is 14.3. The Hall–Kier alpha value is -3.25. The molecule has 0 saturated carbocycles. The summed E-state index contributed by atoms with van der Waals surface area (Å²) in [6.45, 7) is 9.40.